The number of hydrogen-bond donors (Lipinski definition) is 2. The van der Waals surface area contributed by atoms with E-state index in [1.165, 1.54) is 19.3 Å². The van der Waals surface area contributed by atoms with Gasteiger partial charge in [-0.2, -0.15) is 6.42 Å². The van der Waals surface area contributed by atoms with Crippen LogP contribution in [0.1, 0.15) is 66.2 Å². The number of unbranched alkanes of at least 4 members (excludes halogenated alkanes) is 1. The maximum atomic E-state index is 9.35. The predicted octanol–water partition coefficient (Wildman–Crippen LogP) is 3.90. The monoisotopic (exact) mass is 322 g/mol. The number of aliphatic hydroxyl groups excluding tert-OH is 2. The summed E-state index contributed by atoms with van der Waals surface area (Å²) in [4.78, 5) is 0. The van der Waals surface area contributed by atoms with Gasteiger partial charge in [0, 0.05) is 12.5 Å². The molecule has 3 nitrogen and oxygen atoms in total. The van der Waals surface area contributed by atoms with Gasteiger partial charge in [-0.25, -0.2) is 0 Å². The average molecular weight is 322 g/mol. The third-order valence-electron chi connectivity index (χ3n) is 3.20. The molecule has 0 aromatic heterocycles. The number of hydrogen-bond acceptors (Lipinski definition) is 3. The summed E-state index contributed by atoms with van der Waals surface area (Å²) in [7, 11) is 0. The molecule has 0 saturated carbocycles. The molecule has 0 aliphatic carbocycles. The van der Waals surface area contributed by atoms with Crippen molar-refractivity contribution >= 4 is 0 Å². The van der Waals surface area contributed by atoms with E-state index in [1.54, 1.807) is 0 Å². The van der Waals surface area contributed by atoms with Crippen LogP contribution in [-0.4, -0.2) is 22.9 Å². The van der Waals surface area contributed by atoms with Crippen LogP contribution in [0, 0.1) is 25.2 Å². The van der Waals surface area contributed by atoms with Crippen LogP contribution in [0.25, 0.3) is 0 Å². The molecule has 0 aromatic carbocycles. The number of rotatable bonds is 9. The molecule has 0 amide bonds. The summed E-state index contributed by atoms with van der Waals surface area (Å²) >= 11 is 0.750. The molecular weight excluding hydrogens is 288 g/mol. The third kappa shape index (κ3) is 18.4. The minimum atomic E-state index is -0.306. The van der Waals surface area contributed by atoms with Crippen molar-refractivity contribution in [2.24, 2.45) is 11.8 Å². The maximum absolute atomic E-state index is 9.35. The van der Waals surface area contributed by atoms with Crippen molar-refractivity contribution in [1.29, 1.82) is 0 Å². The van der Waals surface area contributed by atoms with Gasteiger partial charge in [0.25, 0.3) is 0 Å². The van der Waals surface area contributed by atoms with Gasteiger partial charge in [0.1, 0.15) is 0 Å². The molecule has 0 heterocycles. The molecule has 0 spiro atoms. The number of aliphatic hydroxyl groups is 2. The van der Waals surface area contributed by atoms with Crippen molar-refractivity contribution in [3.63, 3.8) is 0 Å². The van der Waals surface area contributed by atoms with Crippen LogP contribution in [0.15, 0.2) is 0 Å². The first-order valence-corrected chi connectivity index (χ1v) is 8.36. The van der Waals surface area contributed by atoms with E-state index < -0.39 is 0 Å². The molecule has 0 aliphatic rings. The fourth-order valence-electron chi connectivity index (χ4n) is 1.62. The Balaban J connectivity index is -0.000000262. The van der Waals surface area contributed by atoms with Crippen molar-refractivity contribution in [3.8, 4) is 0 Å². The van der Waals surface area contributed by atoms with E-state index in [4.69, 9.17) is 8.43 Å². The zero-order valence-corrected chi connectivity index (χ0v) is 15.3. The van der Waals surface area contributed by atoms with Crippen molar-refractivity contribution in [2.45, 2.75) is 72.3 Å². The van der Waals surface area contributed by atoms with E-state index in [2.05, 4.69) is 27.2 Å². The average Bonchev–Trinajstić information content (AvgIpc) is 2.49. The Morgan fingerprint density at radius 1 is 1.10 bits per heavy atom. The molecule has 0 aromatic rings. The zero-order chi connectivity index (χ0) is 16.4. The first-order valence-electron chi connectivity index (χ1n) is 7.72. The van der Waals surface area contributed by atoms with Crippen LogP contribution in [0.5, 0.6) is 0 Å². The van der Waals surface area contributed by atoms with Crippen LogP contribution in [-0.2, 0) is 23.7 Å². The molecule has 0 aliphatic heterocycles. The second-order valence-electron chi connectivity index (χ2n) is 4.90. The van der Waals surface area contributed by atoms with E-state index in [9.17, 15) is 5.11 Å². The zero-order valence-electron chi connectivity index (χ0n) is 13.8. The third-order valence-corrected chi connectivity index (χ3v) is 3.20. The molecule has 0 bridgehead atoms. The standard InChI is InChI=1S/C8H18O2.C8H16.O.Ti/c1-3-5-8(10)7(4-2)6-9;1-4-6-7-8(3)5-2;;/h7-10H,3-6H2,1-2H3;7-8H,3-6H2,1-2H3;;/q;-2;;+2. The quantitative estimate of drug-likeness (QED) is 0.500. The minimum absolute atomic E-state index is 0.0833. The molecule has 3 unspecified atom stereocenters. The summed E-state index contributed by atoms with van der Waals surface area (Å²) < 4.78 is 8.25. The summed E-state index contributed by atoms with van der Waals surface area (Å²) in [5.41, 5.74) is 0. The second-order valence-corrected chi connectivity index (χ2v) is 4.90. The van der Waals surface area contributed by atoms with Crippen LogP contribution in [0.4, 0.5) is 0 Å². The van der Waals surface area contributed by atoms with Gasteiger partial charge >= 0.3 is 23.7 Å². The molecule has 4 heteroatoms. The van der Waals surface area contributed by atoms with Crippen LogP contribution in [0.2, 0.25) is 0 Å². The Bertz CT molecular complexity index is 164. The normalized spacial score (nSPS) is 14.2. The Morgan fingerprint density at radius 3 is 1.95 bits per heavy atom. The molecule has 0 saturated heterocycles. The summed E-state index contributed by atoms with van der Waals surface area (Å²) in [5.74, 6) is 0.662. The Hall–Kier alpha value is 0.434. The van der Waals surface area contributed by atoms with Crippen molar-refractivity contribution in [3.05, 3.63) is 13.3 Å². The first-order chi connectivity index (χ1) is 9.56. The molecule has 2 N–H and O–H groups in total. The Morgan fingerprint density at radius 2 is 1.65 bits per heavy atom. The van der Waals surface area contributed by atoms with Gasteiger partial charge in [-0.05, 0) is 12.8 Å². The van der Waals surface area contributed by atoms with Crippen LogP contribution >= 0.6 is 0 Å². The van der Waals surface area contributed by atoms with E-state index in [1.807, 2.05) is 13.8 Å². The molecule has 0 radical (unpaired) electrons. The van der Waals surface area contributed by atoms with Crippen molar-refractivity contribution < 1.29 is 33.9 Å². The summed E-state index contributed by atoms with van der Waals surface area (Å²) in [6, 6.07) is 0. The first kappa shape index (κ1) is 25.4. The van der Waals surface area contributed by atoms with Gasteiger partial charge in [0.2, 0.25) is 0 Å². The molecule has 0 fully saturated rings. The van der Waals surface area contributed by atoms with E-state index in [-0.39, 0.29) is 18.6 Å². The van der Waals surface area contributed by atoms with Gasteiger partial charge < -0.3 is 29.5 Å². The van der Waals surface area contributed by atoms with Crippen LogP contribution in [0.3, 0.4) is 0 Å². The molecule has 0 rings (SSSR count). The fraction of sp³-hybridized carbons (Fsp3) is 0.875. The van der Waals surface area contributed by atoms with Crippen LogP contribution < -0.4 is 0 Å². The van der Waals surface area contributed by atoms with Crippen molar-refractivity contribution in [1.82, 2.24) is 0 Å². The second kappa shape index (κ2) is 21.7. The Labute approximate surface area is 138 Å². The fourth-order valence-corrected chi connectivity index (χ4v) is 1.62. The van der Waals surface area contributed by atoms with Gasteiger partial charge in [-0.3, -0.25) is 0 Å². The van der Waals surface area contributed by atoms with Gasteiger partial charge in [-0.15, -0.1) is 6.42 Å². The van der Waals surface area contributed by atoms with Gasteiger partial charge in [0.15, 0.2) is 0 Å². The van der Waals surface area contributed by atoms with E-state index in [0.717, 1.165) is 39.7 Å². The molecular formula is C16H34O3Ti. The van der Waals surface area contributed by atoms with E-state index >= 15 is 0 Å². The molecule has 3 atom stereocenters. The Kier molecular flexibility index (Phi) is 27.6. The van der Waals surface area contributed by atoms with Crippen molar-refractivity contribution in [2.75, 3.05) is 6.61 Å². The van der Waals surface area contributed by atoms with E-state index in [0.29, 0.717) is 5.92 Å². The topological polar surface area (TPSA) is 57.5 Å². The predicted molar refractivity (Wildman–Crippen MR) is 80.8 cm³/mol. The summed E-state index contributed by atoms with van der Waals surface area (Å²) in [6.45, 7) is 12.4. The van der Waals surface area contributed by atoms with Gasteiger partial charge in [0.05, 0.1) is 6.10 Å². The molecule has 20 heavy (non-hydrogen) atoms. The SMILES string of the molecule is CCCC(O)C(CC)CO.[CH2-]C([CH-]CCC)CC.[O]=[Ti+2]. The molecule has 120 valence electrons. The summed E-state index contributed by atoms with van der Waals surface area (Å²) in [6.07, 6.45) is 8.29. The summed E-state index contributed by atoms with van der Waals surface area (Å²) in [5, 5.41) is 18.1. The van der Waals surface area contributed by atoms with Gasteiger partial charge in [-0.1, -0.05) is 40.5 Å².